The van der Waals surface area contributed by atoms with Gasteiger partial charge >= 0.3 is 6.09 Å². The number of anilines is 1. The smallest absolute Gasteiger partial charge is 0.410 e. The summed E-state index contributed by atoms with van der Waals surface area (Å²) in [5, 5.41) is 0. The van der Waals surface area contributed by atoms with Crippen molar-refractivity contribution in [3.05, 3.63) is 18.1 Å². The number of hydrogen-bond acceptors (Lipinski definition) is 5. The highest BCUT2D eigenvalue weighted by molar-refractivity contribution is 5.68. The second-order valence-corrected chi connectivity index (χ2v) is 7.42. The molecule has 6 heteroatoms. The molecule has 1 saturated heterocycles. The highest BCUT2D eigenvalue weighted by Gasteiger charge is 2.30. The summed E-state index contributed by atoms with van der Waals surface area (Å²) in [6.07, 6.45) is 1.38. The minimum absolute atomic E-state index is 0.186. The standard InChI is InChI=1S/C17H28N4O2/c1-12(2)14-9-15(19-11-18-14)21-8-7-20(10-13(21)3)16(22)23-17(4,5)6/h9,11-13H,7-8,10H2,1-6H3/t13-/m1/s1. The lowest BCUT2D eigenvalue weighted by Gasteiger charge is -2.40. The number of rotatable bonds is 2. The molecule has 1 atom stereocenters. The van der Waals surface area contributed by atoms with Crippen molar-refractivity contribution in [2.45, 2.75) is 59.1 Å². The topological polar surface area (TPSA) is 58.6 Å². The summed E-state index contributed by atoms with van der Waals surface area (Å²) in [6.45, 7) is 14.0. The van der Waals surface area contributed by atoms with Crippen molar-refractivity contribution >= 4 is 11.9 Å². The van der Waals surface area contributed by atoms with Crippen molar-refractivity contribution in [3.8, 4) is 0 Å². The molecule has 1 aliphatic rings. The Hall–Kier alpha value is -1.85. The van der Waals surface area contributed by atoms with E-state index < -0.39 is 5.60 Å². The van der Waals surface area contributed by atoms with E-state index in [0.29, 0.717) is 19.0 Å². The molecule has 1 aromatic heterocycles. The lowest BCUT2D eigenvalue weighted by Crippen LogP contribution is -2.54. The third-order valence-corrected chi connectivity index (χ3v) is 3.84. The van der Waals surface area contributed by atoms with Gasteiger partial charge in [-0.05, 0) is 33.6 Å². The van der Waals surface area contributed by atoms with Crippen molar-refractivity contribution in [2.75, 3.05) is 24.5 Å². The second-order valence-electron chi connectivity index (χ2n) is 7.42. The SMILES string of the molecule is CC(C)c1cc(N2CCN(C(=O)OC(C)(C)C)C[C@H]2C)ncn1. The van der Waals surface area contributed by atoms with Crippen molar-refractivity contribution in [1.29, 1.82) is 0 Å². The van der Waals surface area contributed by atoms with Crippen LogP contribution >= 0.6 is 0 Å². The monoisotopic (exact) mass is 320 g/mol. The van der Waals surface area contributed by atoms with Gasteiger partial charge in [-0.1, -0.05) is 13.8 Å². The highest BCUT2D eigenvalue weighted by atomic mass is 16.6. The molecule has 1 aromatic rings. The third kappa shape index (κ3) is 4.56. The van der Waals surface area contributed by atoms with Gasteiger partial charge in [0.25, 0.3) is 0 Å². The molecule has 23 heavy (non-hydrogen) atoms. The first-order valence-corrected chi connectivity index (χ1v) is 8.24. The average molecular weight is 320 g/mol. The normalized spacial score (nSPS) is 19.2. The van der Waals surface area contributed by atoms with Gasteiger partial charge in [0.05, 0.1) is 0 Å². The number of nitrogens with zero attached hydrogens (tertiary/aromatic N) is 4. The third-order valence-electron chi connectivity index (χ3n) is 3.84. The fourth-order valence-electron chi connectivity index (χ4n) is 2.62. The summed E-state index contributed by atoms with van der Waals surface area (Å²) in [5.41, 5.74) is 0.577. The van der Waals surface area contributed by atoms with Gasteiger partial charge in [0.2, 0.25) is 0 Å². The van der Waals surface area contributed by atoms with E-state index in [1.54, 1.807) is 11.2 Å². The summed E-state index contributed by atoms with van der Waals surface area (Å²) < 4.78 is 5.46. The molecule has 1 aliphatic heterocycles. The number of ether oxygens (including phenoxy) is 1. The van der Waals surface area contributed by atoms with Crippen molar-refractivity contribution in [2.24, 2.45) is 0 Å². The summed E-state index contributed by atoms with van der Waals surface area (Å²) in [7, 11) is 0. The Kier molecular flexibility index (Phi) is 5.12. The van der Waals surface area contributed by atoms with Gasteiger partial charge in [0.1, 0.15) is 17.7 Å². The van der Waals surface area contributed by atoms with Crippen LogP contribution in [0.2, 0.25) is 0 Å². The van der Waals surface area contributed by atoms with E-state index in [0.717, 1.165) is 18.1 Å². The molecule has 0 spiro atoms. The molecule has 0 bridgehead atoms. The van der Waals surface area contributed by atoms with Crippen LogP contribution in [-0.4, -0.2) is 52.2 Å². The Morgan fingerprint density at radius 1 is 1.30 bits per heavy atom. The Bertz CT molecular complexity index is 554. The first kappa shape index (κ1) is 17.5. The number of carbonyl (C=O) groups is 1. The predicted octanol–water partition coefficient (Wildman–Crippen LogP) is 3.05. The minimum Gasteiger partial charge on any atom is -0.444 e. The first-order valence-electron chi connectivity index (χ1n) is 8.24. The number of aromatic nitrogens is 2. The van der Waals surface area contributed by atoms with Gasteiger partial charge in [0, 0.05) is 37.4 Å². The van der Waals surface area contributed by atoms with Crippen LogP contribution in [0, 0.1) is 0 Å². The number of carbonyl (C=O) groups excluding carboxylic acids is 1. The molecule has 0 saturated carbocycles. The Morgan fingerprint density at radius 2 is 2.00 bits per heavy atom. The largest absolute Gasteiger partial charge is 0.444 e. The fraction of sp³-hybridized carbons (Fsp3) is 0.706. The molecule has 0 radical (unpaired) electrons. The molecule has 0 unspecified atom stereocenters. The molecule has 2 rings (SSSR count). The highest BCUT2D eigenvalue weighted by Crippen LogP contribution is 2.22. The number of hydrogen-bond donors (Lipinski definition) is 0. The number of piperazine rings is 1. The van der Waals surface area contributed by atoms with Crippen LogP contribution in [0.15, 0.2) is 12.4 Å². The molecule has 2 heterocycles. The van der Waals surface area contributed by atoms with Crippen LogP contribution < -0.4 is 4.90 Å². The van der Waals surface area contributed by atoms with Crippen LogP contribution in [0.25, 0.3) is 0 Å². The van der Waals surface area contributed by atoms with Gasteiger partial charge < -0.3 is 14.5 Å². The molecule has 0 aliphatic carbocycles. The lowest BCUT2D eigenvalue weighted by molar-refractivity contribution is 0.0218. The van der Waals surface area contributed by atoms with Gasteiger partial charge in [-0.15, -0.1) is 0 Å². The Morgan fingerprint density at radius 3 is 2.57 bits per heavy atom. The van der Waals surface area contributed by atoms with Crippen LogP contribution in [0.5, 0.6) is 0 Å². The Balaban J connectivity index is 2.04. The van der Waals surface area contributed by atoms with Crippen LogP contribution in [0.1, 0.15) is 53.2 Å². The Labute approximate surface area is 138 Å². The molecule has 128 valence electrons. The maximum atomic E-state index is 12.2. The predicted molar refractivity (Wildman–Crippen MR) is 90.7 cm³/mol. The van der Waals surface area contributed by atoms with E-state index in [4.69, 9.17) is 4.74 Å². The van der Waals surface area contributed by atoms with Gasteiger partial charge in [-0.3, -0.25) is 0 Å². The summed E-state index contributed by atoms with van der Waals surface area (Å²) >= 11 is 0. The molecule has 0 aromatic carbocycles. The van der Waals surface area contributed by atoms with Gasteiger partial charge in [-0.25, -0.2) is 14.8 Å². The van der Waals surface area contributed by atoms with E-state index in [1.807, 2.05) is 26.8 Å². The summed E-state index contributed by atoms with van der Waals surface area (Å²) in [6, 6.07) is 2.23. The second kappa shape index (κ2) is 6.72. The fourth-order valence-corrected chi connectivity index (χ4v) is 2.62. The van der Waals surface area contributed by atoms with Crippen molar-refractivity contribution < 1.29 is 9.53 Å². The first-order chi connectivity index (χ1) is 10.7. The zero-order valence-corrected chi connectivity index (χ0v) is 15.0. The summed E-state index contributed by atoms with van der Waals surface area (Å²) in [5.74, 6) is 1.30. The quantitative estimate of drug-likeness (QED) is 0.838. The van der Waals surface area contributed by atoms with E-state index in [1.165, 1.54) is 0 Å². The molecular weight excluding hydrogens is 292 g/mol. The molecular formula is C17H28N4O2. The molecule has 6 nitrogen and oxygen atoms in total. The van der Waals surface area contributed by atoms with Crippen molar-refractivity contribution in [1.82, 2.24) is 14.9 Å². The van der Waals surface area contributed by atoms with Crippen LogP contribution in [0.4, 0.5) is 10.6 Å². The van der Waals surface area contributed by atoms with Crippen LogP contribution in [-0.2, 0) is 4.74 Å². The van der Waals surface area contributed by atoms with E-state index in [9.17, 15) is 4.79 Å². The average Bonchev–Trinajstić information content (AvgIpc) is 2.45. The van der Waals surface area contributed by atoms with Gasteiger partial charge in [0.15, 0.2) is 0 Å². The van der Waals surface area contributed by atoms with E-state index in [2.05, 4.69) is 35.6 Å². The maximum absolute atomic E-state index is 12.2. The van der Waals surface area contributed by atoms with E-state index >= 15 is 0 Å². The number of amides is 1. The maximum Gasteiger partial charge on any atom is 0.410 e. The summed E-state index contributed by atoms with van der Waals surface area (Å²) in [4.78, 5) is 24.9. The van der Waals surface area contributed by atoms with Crippen molar-refractivity contribution in [3.63, 3.8) is 0 Å². The molecule has 1 amide bonds. The minimum atomic E-state index is -0.462. The zero-order chi connectivity index (χ0) is 17.2. The van der Waals surface area contributed by atoms with Gasteiger partial charge in [-0.2, -0.15) is 0 Å². The molecule has 1 fully saturated rings. The zero-order valence-electron chi connectivity index (χ0n) is 15.0. The lowest BCUT2D eigenvalue weighted by atomic mass is 10.1. The van der Waals surface area contributed by atoms with E-state index in [-0.39, 0.29) is 12.1 Å². The molecule has 0 N–H and O–H groups in total. The van der Waals surface area contributed by atoms with Crippen LogP contribution in [0.3, 0.4) is 0 Å².